The summed E-state index contributed by atoms with van der Waals surface area (Å²) in [5.41, 5.74) is 3.86. The fourth-order valence-corrected chi connectivity index (χ4v) is 6.04. The minimum atomic E-state index is -1.85. The zero-order valence-electron chi connectivity index (χ0n) is 28.4. The largest absolute Gasteiger partial charge is 0.394 e. The molecule has 1 fully saturated rings. The van der Waals surface area contributed by atoms with E-state index in [1.165, 1.54) is 0 Å². The van der Waals surface area contributed by atoms with Crippen molar-refractivity contribution in [2.75, 3.05) is 19.8 Å². The normalized spacial score (nSPS) is 20.7. The monoisotopic (exact) mass is 696 g/mol. The number of aliphatic hydroxyl groups excluding tert-OH is 2. The van der Waals surface area contributed by atoms with Gasteiger partial charge in [-0.3, -0.25) is 0 Å². The Balaban J connectivity index is 1.26. The van der Waals surface area contributed by atoms with Gasteiger partial charge >= 0.3 is 0 Å². The maximum Gasteiger partial charge on any atom is 0.192 e. The molecule has 9 heteroatoms. The standard InChI is InChI=1S/C42H45FO8/c43-39-40(45)36(23-44)51-42(39)50-29-38(48-26-31-14-6-2-7-15-31)41(49-27-32-16-8-3-9-17-32)37(47-25-30-12-4-1-5-13-30)28-46-24-33-20-21-34-18-10-11-19-35(34)22-33/h1-22,36-42,44-45H,23-29H2/t36-,37?,38?,39?,40+,41?,42-/m1/s1. The van der Waals surface area contributed by atoms with Gasteiger partial charge in [0.1, 0.15) is 30.5 Å². The van der Waals surface area contributed by atoms with Crippen LogP contribution in [0.4, 0.5) is 4.39 Å². The van der Waals surface area contributed by atoms with Crippen LogP contribution in [-0.2, 0) is 54.8 Å². The smallest absolute Gasteiger partial charge is 0.192 e. The molecule has 4 unspecified atom stereocenters. The van der Waals surface area contributed by atoms with Crippen molar-refractivity contribution in [3.8, 4) is 0 Å². The molecule has 0 saturated carbocycles. The number of aliphatic hydroxyl groups is 2. The number of halogens is 1. The van der Waals surface area contributed by atoms with E-state index in [-0.39, 0.29) is 33.0 Å². The number of fused-ring (bicyclic) bond motifs is 1. The van der Waals surface area contributed by atoms with Gasteiger partial charge in [0, 0.05) is 0 Å². The Labute approximate surface area is 298 Å². The summed E-state index contributed by atoms with van der Waals surface area (Å²) in [5.74, 6) is 0. The second kappa shape index (κ2) is 19.0. The Morgan fingerprint density at radius 3 is 1.69 bits per heavy atom. The molecule has 1 heterocycles. The van der Waals surface area contributed by atoms with Gasteiger partial charge in [-0.2, -0.15) is 0 Å². The Hall–Kier alpha value is -4.03. The van der Waals surface area contributed by atoms with Crippen molar-refractivity contribution in [2.45, 2.75) is 69.4 Å². The summed E-state index contributed by atoms with van der Waals surface area (Å²) in [7, 11) is 0. The van der Waals surface area contributed by atoms with Gasteiger partial charge in [0.2, 0.25) is 0 Å². The second-order valence-electron chi connectivity index (χ2n) is 12.6. The topological polar surface area (TPSA) is 95.8 Å². The van der Waals surface area contributed by atoms with Gasteiger partial charge in [-0.25, -0.2) is 4.39 Å². The molecule has 0 aliphatic carbocycles. The zero-order valence-corrected chi connectivity index (χ0v) is 28.4. The van der Waals surface area contributed by atoms with E-state index in [9.17, 15) is 10.2 Å². The van der Waals surface area contributed by atoms with Crippen LogP contribution < -0.4 is 0 Å². The summed E-state index contributed by atoms with van der Waals surface area (Å²) in [5, 5.41) is 22.1. The minimum absolute atomic E-state index is 0.154. The number of benzene rings is 5. The molecule has 0 aromatic heterocycles. The van der Waals surface area contributed by atoms with Gasteiger partial charge in [0.15, 0.2) is 12.5 Å². The number of hydrogen-bond donors (Lipinski definition) is 2. The highest BCUT2D eigenvalue weighted by molar-refractivity contribution is 5.82. The van der Waals surface area contributed by atoms with Crippen LogP contribution in [0.25, 0.3) is 10.8 Å². The van der Waals surface area contributed by atoms with Gasteiger partial charge in [0.05, 0.1) is 46.2 Å². The molecule has 2 N–H and O–H groups in total. The van der Waals surface area contributed by atoms with Crippen molar-refractivity contribution in [1.29, 1.82) is 0 Å². The van der Waals surface area contributed by atoms with Gasteiger partial charge < -0.3 is 38.6 Å². The van der Waals surface area contributed by atoms with Crippen LogP contribution >= 0.6 is 0 Å². The predicted octanol–water partition coefficient (Wildman–Crippen LogP) is 6.55. The lowest BCUT2D eigenvalue weighted by molar-refractivity contribution is -0.213. The number of rotatable bonds is 19. The molecule has 7 atom stereocenters. The van der Waals surface area contributed by atoms with Gasteiger partial charge in [-0.05, 0) is 39.1 Å². The molecule has 268 valence electrons. The number of ether oxygens (including phenoxy) is 6. The van der Waals surface area contributed by atoms with Crippen LogP contribution in [0.15, 0.2) is 133 Å². The molecule has 0 spiro atoms. The average Bonchev–Trinajstić information content (AvgIpc) is 3.46. The predicted molar refractivity (Wildman–Crippen MR) is 191 cm³/mol. The highest BCUT2D eigenvalue weighted by Crippen LogP contribution is 2.27. The highest BCUT2D eigenvalue weighted by Gasteiger charge is 2.45. The lowest BCUT2D eigenvalue weighted by Crippen LogP contribution is -2.48. The molecular weight excluding hydrogens is 651 g/mol. The third-order valence-electron chi connectivity index (χ3n) is 8.88. The molecule has 51 heavy (non-hydrogen) atoms. The van der Waals surface area contributed by atoms with Gasteiger partial charge in [-0.15, -0.1) is 0 Å². The van der Waals surface area contributed by atoms with Gasteiger partial charge in [0.25, 0.3) is 0 Å². The van der Waals surface area contributed by atoms with Crippen LogP contribution in [0.5, 0.6) is 0 Å². The number of hydrogen-bond acceptors (Lipinski definition) is 8. The van der Waals surface area contributed by atoms with Crippen molar-refractivity contribution in [1.82, 2.24) is 0 Å². The van der Waals surface area contributed by atoms with E-state index in [2.05, 4.69) is 24.3 Å². The van der Waals surface area contributed by atoms with E-state index >= 15 is 4.39 Å². The van der Waals surface area contributed by atoms with E-state index in [0.717, 1.165) is 33.0 Å². The van der Waals surface area contributed by atoms with Crippen molar-refractivity contribution in [3.05, 3.63) is 156 Å². The summed E-state index contributed by atoms with van der Waals surface area (Å²) in [6.07, 6.45) is -8.06. The second-order valence-corrected chi connectivity index (χ2v) is 12.6. The summed E-state index contributed by atoms with van der Waals surface area (Å²) >= 11 is 0. The Kier molecular flexibility index (Phi) is 13.7. The first-order valence-electron chi connectivity index (χ1n) is 17.3. The first-order valence-corrected chi connectivity index (χ1v) is 17.3. The maximum atomic E-state index is 15.1. The van der Waals surface area contributed by atoms with Crippen LogP contribution in [-0.4, -0.2) is 73.0 Å². The molecule has 1 saturated heterocycles. The lowest BCUT2D eigenvalue weighted by Gasteiger charge is -2.34. The zero-order chi connectivity index (χ0) is 35.3. The Morgan fingerprint density at radius 2 is 1.12 bits per heavy atom. The van der Waals surface area contributed by atoms with Crippen molar-refractivity contribution >= 4 is 10.8 Å². The molecule has 5 aromatic rings. The molecule has 0 bridgehead atoms. The first kappa shape index (κ1) is 36.8. The number of alkyl halides is 1. The van der Waals surface area contributed by atoms with Crippen LogP contribution in [0, 0.1) is 0 Å². The van der Waals surface area contributed by atoms with E-state index in [0.29, 0.717) is 6.61 Å². The van der Waals surface area contributed by atoms with Crippen molar-refractivity contribution in [2.24, 2.45) is 0 Å². The summed E-state index contributed by atoms with van der Waals surface area (Å²) in [6, 6.07) is 43.7. The van der Waals surface area contributed by atoms with E-state index in [4.69, 9.17) is 28.4 Å². The minimum Gasteiger partial charge on any atom is -0.394 e. The first-order chi connectivity index (χ1) is 25.1. The van der Waals surface area contributed by atoms with E-state index < -0.39 is 49.6 Å². The quantitative estimate of drug-likeness (QED) is 0.101. The summed E-state index contributed by atoms with van der Waals surface area (Å²) < 4.78 is 52.7. The SMILES string of the molecule is OC[C@H]1O[C@@H](OCC(OCc2ccccc2)C(OCc2ccccc2)C(COCc2ccc3ccccc3c2)OCc2ccccc2)C(F)[C@H]1O. The fraction of sp³-hybridized carbons (Fsp3) is 0.333. The Bertz CT molecular complexity index is 1730. The molecular formula is C42H45FO8. The Morgan fingerprint density at radius 1 is 0.588 bits per heavy atom. The molecule has 1 aliphatic heterocycles. The molecule has 1 aliphatic rings. The molecule has 0 radical (unpaired) electrons. The third-order valence-corrected chi connectivity index (χ3v) is 8.88. The van der Waals surface area contributed by atoms with Crippen molar-refractivity contribution in [3.63, 3.8) is 0 Å². The lowest BCUT2D eigenvalue weighted by atomic mass is 10.1. The average molecular weight is 697 g/mol. The van der Waals surface area contributed by atoms with Crippen molar-refractivity contribution < 1.29 is 43.0 Å². The van der Waals surface area contributed by atoms with Gasteiger partial charge in [-0.1, -0.05) is 127 Å². The van der Waals surface area contributed by atoms with Crippen LogP contribution in [0.1, 0.15) is 22.3 Å². The summed E-state index contributed by atoms with van der Waals surface area (Å²) in [4.78, 5) is 0. The molecule has 0 amide bonds. The highest BCUT2D eigenvalue weighted by atomic mass is 19.1. The van der Waals surface area contributed by atoms with Crippen LogP contribution in [0.3, 0.4) is 0 Å². The van der Waals surface area contributed by atoms with E-state index in [1.807, 2.05) is 109 Å². The maximum absolute atomic E-state index is 15.1. The third kappa shape index (κ3) is 10.5. The summed E-state index contributed by atoms with van der Waals surface area (Å²) in [6.45, 7) is 0.541. The fourth-order valence-electron chi connectivity index (χ4n) is 6.04. The molecule has 5 aromatic carbocycles. The van der Waals surface area contributed by atoms with E-state index in [1.54, 1.807) is 0 Å². The molecule has 6 rings (SSSR count). The van der Waals surface area contributed by atoms with Crippen LogP contribution in [0.2, 0.25) is 0 Å². The molecule has 8 nitrogen and oxygen atoms in total.